The summed E-state index contributed by atoms with van der Waals surface area (Å²) in [6, 6.07) is 4.75. The summed E-state index contributed by atoms with van der Waals surface area (Å²) in [7, 11) is 0. The predicted molar refractivity (Wildman–Crippen MR) is 83.5 cm³/mol. The van der Waals surface area contributed by atoms with E-state index < -0.39 is 12.1 Å². The standard InChI is InChI=1S/C16H18N4O4/c1-11(15-17-5-2-6-18-15)20(16(21)22)8-12-3-4-13(7-19-12)24-14-9-23-10-14/h2-7,11,14H,8-10H2,1H3,(H,21,22). The number of aromatic nitrogens is 3. The molecule has 1 N–H and O–H groups in total. The van der Waals surface area contributed by atoms with Gasteiger partial charge in [-0.25, -0.2) is 14.8 Å². The molecule has 24 heavy (non-hydrogen) atoms. The molecule has 8 nitrogen and oxygen atoms in total. The SMILES string of the molecule is CC(c1ncccn1)N(Cc1ccc(OC2COC2)cn1)C(=O)O. The van der Waals surface area contributed by atoms with Crippen molar-refractivity contribution in [1.29, 1.82) is 0 Å². The monoisotopic (exact) mass is 330 g/mol. The van der Waals surface area contributed by atoms with Gasteiger partial charge in [-0.15, -0.1) is 0 Å². The lowest BCUT2D eigenvalue weighted by Crippen LogP contribution is -2.38. The zero-order valence-electron chi connectivity index (χ0n) is 13.2. The van der Waals surface area contributed by atoms with Crippen LogP contribution >= 0.6 is 0 Å². The van der Waals surface area contributed by atoms with Crippen molar-refractivity contribution in [2.45, 2.75) is 25.6 Å². The minimum Gasteiger partial charge on any atom is -0.484 e. The molecule has 3 rings (SSSR count). The number of amides is 1. The van der Waals surface area contributed by atoms with Crippen LogP contribution in [0.3, 0.4) is 0 Å². The van der Waals surface area contributed by atoms with Crippen molar-refractivity contribution in [2.75, 3.05) is 13.2 Å². The number of carboxylic acid groups (broad SMARTS) is 1. The van der Waals surface area contributed by atoms with Gasteiger partial charge in [-0.3, -0.25) is 9.88 Å². The highest BCUT2D eigenvalue weighted by Gasteiger charge is 2.24. The van der Waals surface area contributed by atoms with Crippen LogP contribution in [-0.2, 0) is 11.3 Å². The van der Waals surface area contributed by atoms with Gasteiger partial charge in [0.1, 0.15) is 11.9 Å². The lowest BCUT2D eigenvalue weighted by Gasteiger charge is -2.27. The number of hydrogen-bond acceptors (Lipinski definition) is 6. The molecule has 126 valence electrons. The lowest BCUT2D eigenvalue weighted by molar-refractivity contribution is -0.0798. The Hall–Kier alpha value is -2.74. The second kappa shape index (κ2) is 7.22. The molecule has 3 heterocycles. The van der Waals surface area contributed by atoms with Crippen LogP contribution in [0.1, 0.15) is 24.5 Å². The summed E-state index contributed by atoms with van der Waals surface area (Å²) >= 11 is 0. The molecule has 0 aliphatic carbocycles. The molecular formula is C16H18N4O4. The molecule has 1 amide bonds. The molecule has 8 heteroatoms. The maximum atomic E-state index is 11.6. The molecule has 1 aliphatic heterocycles. The van der Waals surface area contributed by atoms with Gasteiger partial charge in [0.15, 0.2) is 5.82 Å². The summed E-state index contributed by atoms with van der Waals surface area (Å²) in [5.41, 5.74) is 0.623. The predicted octanol–water partition coefficient (Wildman–Crippen LogP) is 1.89. The third-order valence-electron chi connectivity index (χ3n) is 3.71. The Kier molecular flexibility index (Phi) is 4.85. The molecule has 1 saturated heterocycles. The van der Waals surface area contributed by atoms with Crippen LogP contribution in [0.2, 0.25) is 0 Å². The van der Waals surface area contributed by atoms with Crippen LogP contribution in [-0.4, -0.2) is 50.4 Å². The third-order valence-corrected chi connectivity index (χ3v) is 3.71. The van der Waals surface area contributed by atoms with E-state index in [0.29, 0.717) is 30.5 Å². The first kappa shape index (κ1) is 16.1. The van der Waals surface area contributed by atoms with Crippen molar-refractivity contribution in [3.63, 3.8) is 0 Å². The van der Waals surface area contributed by atoms with E-state index in [1.807, 2.05) is 0 Å². The number of rotatable bonds is 6. The second-order valence-corrected chi connectivity index (χ2v) is 5.46. The number of carbonyl (C=O) groups is 1. The Balaban J connectivity index is 1.67. The minimum absolute atomic E-state index is 0.0726. The van der Waals surface area contributed by atoms with Gasteiger partial charge < -0.3 is 14.6 Å². The number of pyridine rings is 1. The summed E-state index contributed by atoms with van der Waals surface area (Å²) in [6.07, 6.45) is 3.80. The lowest BCUT2D eigenvalue weighted by atomic mass is 10.2. The van der Waals surface area contributed by atoms with Crippen LogP contribution in [0.25, 0.3) is 0 Å². The molecule has 0 radical (unpaired) electrons. The van der Waals surface area contributed by atoms with E-state index >= 15 is 0 Å². The van der Waals surface area contributed by atoms with Crippen molar-refractivity contribution in [1.82, 2.24) is 19.9 Å². The summed E-state index contributed by atoms with van der Waals surface area (Å²) in [4.78, 5) is 25.3. The normalized spacial score (nSPS) is 15.4. The van der Waals surface area contributed by atoms with E-state index in [0.717, 1.165) is 0 Å². The van der Waals surface area contributed by atoms with Gasteiger partial charge in [-0.1, -0.05) is 0 Å². The number of hydrogen-bond donors (Lipinski definition) is 1. The molecule has 0 aromatic carbocycles. The summed E-state index contributed by atoms with van der Waals surface area (Å²) in [5.74, 6) is 1.10. The Morgan fingerprint density at radius 2 is 2.12 bits per heavy atom. The van der Waals surface area contributed by atoms with Crippen molar-refractivity contribution >= 4 is 6.09 Å². The Bertz CT molecular complexity index is 676. The van der Waals surface area contributed by atoms with Gasteiger partial charge in [0.25, 0.3) is 0 Å². The van der Waals surface area contributed by atoms with Gasteiger partial charge >= 0.3 is 6.09 Å². The van der Waals surface area contributed by atoms with E-state index in [1.54, 1.807) is 43.7 Å². The fraction of sp³-hybridized carbons (Fsp3) is 0.375. The Labute approximate surface area is 139 Å². The van der Waals surface area contributed by atoms with Crippen LogP contribution in [0.4, 0.5) is 4.79 Å². The van der Waals surface area contributed by atoms with E-state index in [-0.39, 0.29) is 12.6 Å². The quantitative estimate of drug-likeness (QED) is 0.863. The highest BCUT2D eigenvalue weighted by molar-refractivity contribution is 5.65. The Morgan fingerprint density at radius 3 is 2.67 bits per heavy atom. The van der Waals surface area contributed by atoms with Crippen molar-refractivity contribution in [2.24, 2.45) is 0 Å². The van der Waals surface area contributed by atoms with Crippen LogP contribution in [0.15, 0.2) is 36.8 Å². The van der Waals surface area contributed by atoms with E-state index in [2.05, 4.69) is 15.0 Å². The summed E-state index contributed by atoms with van der Waals surface area (Å²) < 4.78 is 10.7. The van der Waals surface area contributed by atoms with E-state index in [9.17, 15) is 9.90 Å². The second-order valence-electron chi connectivity index (χ2n) is 5.46. The van der Waals surface area contributed by atoms with Gasteiger partial charge in [0.2, 0.25) is 0 Å². The molecule has 2 aromatic rings. The molecule has 0 spiro atoms. The fourth-order valence-electron chi connectivity index (χ4n) is 2.26. The van der Waals surface area contributed by atoms with E-state index in [1.165, 1.54) is 4.90 Å². The molecule has 0 bridgehead atoms. The first-order valence-electron chi connectivity index (χ1n) is 7.59. The van der Waals surface area contributed by atoms with Gasteiger partial charge in [-0.05, 0) is 25.1 Å². The average Bonchev–Trinajstić information content (AvgIpc) is 2.57. The number of ether oxygens (including phenoxy) is 2. The summed E-state index contributed by atoms with van der Waals surface area (Å²) in [6.45, 7) is 3.06. The van der Waals surface area contributed by atoms with Gasteiger partial charge in [-0.2, -0.15) is 0 Å². The topological polar surface area (TPSA) is 97.7 Å². The van der Waals surface area contributed by atoms with Crippen molar-refractivity contribution in [3.05, 3.63) is 48.3 Å². The smallest absolute Gasteiger partial charge is 0.408 e. The zero-order valence-corrected chi connectivity index (χ0v) is 13.2. The highest BCUT2D eigenvalue weighted by Crippen LogP contribution is 2.20. The first-order valence-corrected chi connectivity index (χ1v) is 7.59. The Morgan fingerprint density at radius 1 is 1.38 bits per heavy atom. The average molecular weight is 330 g/mol. The van der Waals surface area contributed by atoms with E-state index in [4.69, 9.17) is 9.47 Å². The first-order chi connectivity index (χ1) is 11.6. The maximum absolute atomic E-state index is 11.6. The van der Waals surface area contributed by atoms with Crippen LogP contribution in [0, 0.1) is 0 Å². The molecule has 1 atom stereocenters. The van der Waals surface area contributed by atoms with Crippen LogP contribution < -0.4 is 4.74 Å². The van der Waals surface area contributed by atoms with Crippen molar-refractivity contribution in [3.8, 4) is 5.75 Å². The molecule has 0 saturated carbocycles. The largest absolute Gasteiger partial charge is 0.484 e. The molecular weight excluding hydrogens is 312 g/mol. The molecule has 1 unspecified atom stereocenters. The van der Waals surface area contributed by atoms with Gasteiger partial charge in [0, 0.05) is 12.4 Å². The summed E-state index contributed by atoms with van der Waals surface area (Å²) in [5, 5.41) is 9.48. The van der Waals surface area contributed by atoms with Crippen LogP contribution in [0.5, 0.6) is 5.75 Å². The maximum Gasteiger partial charge on any atom is 0.408 e. The van der Waals surface area contributed by atoms with Crippen molar-refractivity contribution < 1.29 is 19.4 Å². The van der Waals surface area contributed by atoms with Gasteiger partial charge in [0.05, 0.1) is 37.7 Å². The fourth-order valence-corrected chi connectivity index (χ4v) is 2.26. The minimum atomic E-state index is -1.05. The number of nitrogens with zero attached hydrogens (tertiary/aromatic N) is 4. The molecule has 1 fully saturated rings. The molecule has 2 aromatic heterocycles. The zero-order chi connectivity index (χ0) is 16.9. The molecule has 1 aliphatic rings. The highest BCUT2D eigenvalue weighted by atomic mass is 16.6. The third kappa shape index (κ3) is 3.77.